The third kappa shape index (κ3) is 3.87. The highest BCUT2D eigenvalue weighted by Gasteiger charge is 2.45. The molecule has 0 amide bonds. The van der Waals surface area contributed by atoms with Gasteiger partial charge in [0, 0.05) is 15.3 Å². The highest BCUT2D eigenvalue weighted by molar-refractivity contribution is 7.94. The number of hydrogen-bond acceptors (Lipinski definition) is 7. The van der Waals surface area contributed by atoms with Gasteiger partial charge >= 0.3 is 0 Å². The van der Waals surface area contributed by atoms with E-state index in [9.17, 15) is 9.59 Å². The maximum absolute atomic E-state index is 13.1. The lowest BCUT2D eigenvalue weighted by atomic mass is 9.93. The first-order valence-corrected chi connectivity index (χ1v) is 10.0. The summed E-state index contributed by atoms with van der Waals surface area (Å²) in [6, 6.07) is 11.1. The minimum Gasteiger partial charge on any atom is -0.478 e. The molecule has 1 atom stereocenters. The summed E-state index contributed by atoms with van der Waals surface area (Å²) in [5.41, 5.74) is 0.429. The van der Waals surface area contributed by atoms with Crippen LogP contribution >= 0.6 is 23.4 Å². The number of Topliss-reactive ketones (excluding diaryl/α,β-unsaturated/α-hetero) is 2. The van der Waals surface area contributed by atoms with Crippen LogP contribution in [0.2, 0.25) is 0 Å². The van der Waals surface area contributed by atoms with Crippen molar-refractivity contribution in [3.05, 3.63) is 51.7 Å². The molecule has 1 aromatic heterocycles. The van der Waals surface area contributed by atoms with Gasteiger partial charge in [-0.1, -0.05) is 19.1 Å². The van der Waals surface area contributed by atoms with Crippen molar-refractivity contribution >= 4 is 46.3 Å². The van der Waals surface area contributed by atoms with Gasteiger partial charge < -0.3 is 4.74 Å². The Balaban J connectivity index is 2.04. The molecule has 0 bridgehead atoms. The van der Waals surface area contributed by atoms with Gasteiger partial charge in [0.25, 0.3) is 0 Å². The summed E-state index contributed by atoms with van der Waals surface area (Å²) in [6.45, 7) is 5.25. The Hall–Kier alpha value is -1.93. The van der Waals surface area contributed by atoms with Gasteiger partial charge in [-0.05, 0) is 44.5 Å². The third-order valence-corrected chi connectivity index (χ3v) is 6.32. The fourth-order valence-corrected chi connectivity index (χ4v) is 4.08. The molecule has 2 aromatic rings. The molecule has 0 saturated carbocycles. The zero-order chi connectivity index (χ0) is 19.6. The van der Waals surface area contributed by atoms with Crippen molar-refractivity contribution in [2.24, 2.45) is 0 Å². The smallest absolute Gasteiger partial charge is 0.211 e. The molecule has 5 nitrogen and oxygen atoms in total. The number of thiophene rings is 1. The Labute approximate surface area is 166 Å². The van der Waals surface area contributed by atoms with Crippen LogP contribution in [0.25, 0.3) is 11.3 Å². The first-order chi connectivity index (χ1) is 12.9. The number of hydrogen-bond donors (Lipinski definition) is 0. The van der Waals surface area contributed by atoms with Crippen molar-refractivity contribution in [3.8, 4) is 0 Å². The summed E-state index contributed by atoms with van der Waals surface area (Å²) in [6.07, 6.45) is 0.555. The molecule has 0 saturated heterocycles. The number of carbonyl (C=O) groups excluding carboxylic acids is 2. The second kappa shape index (κ2) is 7.98. The van der Waals surface area contributed by atoms with E-state index in [2.05, 4.69) is 4.89 Å². The van der Waals surface area contributed by atoms with E-state index in [1.807, 2.05) is 37.3 Å². The minimum atomic E-state index is -0.905. The van der Waals surface area contributed by atoms with Crippen LogP contribution in [-0.2, 0) is 18.8 Å². The summed E-state index contributed by atoms with van der Waals surface area (Å²) in [5, 5.41) is 0. The minimum absolute atomic E-state index is 0.0162. The van der Waals surface area contributed by atoms with Crippen LogP contribution in [0.4, 0.5) is 0 Å². The monoisotopic (exact) mass is 404 g/mol. The fraction of sp³-hybridized carbons (Fsp3) is 0.300. The van der Waals surface area contributed by atoms with Gasteiger partial charge in [-0.25, -0.2) is 4.89 Å². The lowest BCUT2D eigenvalue weighted by molar-refractivity contribution is -0.160. The number of carbonyl (C=O) groups is 2. The average Bonchev–Trinajstić information content (AvgIpc) is 3.25. The highest BCUT2D eigenvalue weighted by Crippen LogP contribution is 2.44. The summed E-state index contributed by atoms with van der Waals surface area (Å²) >= 11 is 2.42. The van der Waals surface area contributed by atoms with E-state index in [0.29, 0.717) is 22.6 Å². The van der Waals surface area contributed by atoms with Gasteiger partial charge in [-0.3, -0.25) is 9.59 Å². The van der Waals surface area contributed by atoms with Gasteiger partial charge in [0.1, 0.15) is 5.76 Å². The lowest BCUT2D eigenvalue weighted by Gasteiger charge is -2.21. The molecule has 0 N–H and O–H groups in total. The average molecular weight is 405 g/mol. The topological polar surface area (TPSA) is 61.8 Å². The standard InChI is InChI=1S/C20H20O5S2/c1-5-20(3)19(22)17(16-11-10-15(26-16)12(2)21)18(24-20)13-6-8-14(9-7-13)27-25-23-4/h6-11H,5H2,1-4H3. The van der Waals surface area contributed by atoms with Crippen molar-refractivity contribution in [1.82, 2.24) is 0 Å². The summed E-state index contributed by atoms with van der Waals surface area (Å²) in [4.78, 5) is 31.6. The molecule has 0 aliphatic carbocycles. The molecule has 1 aromatic carbocycles. The second-order valence-corrected chi connectivity index (χ2v) is 8.14. The molecule has 0 radical (unpaired) electrons. The predicted octanol–water partition coefficient (Wildman–Crippen LogP) is 5.17. The Kier molecular flexibility index (Phi) is 5.86. The molecule has 142 valence electrons. The van der Waals surface area contributed by atoms with Gasteiger partial charge in [0.05, 0.1) is 29.6 Å². The Bertz CT molecular complexity index is 897. The normalized spacial score (nSPS) is 19.5. The SMILES string of the molecule is CCC1(C)OC(c2ccc(SOOC)cc2)=C(c2ccc(C(C)=O)s2)C1=O. The number of ketones is 2. The van der Waals surface area contributed by atoms with E-state index in [1.54, 1.807) is 13.0 Å². The molecule has 2 heterocycles. The Morgan fingerprint density at radius 3 is 2.48 bits per heavy atom. The van der Waals surface area contributed by atoms with Crippen molar-refractivity contribution in [2.45, 2.75) is 37.7 Å². The zero-order valence-electron chi connectivity index (χ0n) is 15.5. The Morgan fingerprint density at radius 2 is 1.93 bits per heavy atom. The molecule has 27 heavy (non-hydrogen) atoms. The van der Waals surface area contributed by atoms with Crippen LogP contribution < -0.4 is 0 Å². The highest BCUT2D eigenvalue weighted by atomic mass is 32.2. The number of ether oxygens (including phenoxy) is 1. The summed E-state index contributed by atoms with van der Waals surface area (Å²) < 4.78 is 11.0. The molecule has 3 rings (SSSR count). The van der Waals surface area contributed by atoms with Gasteiger partial charge in [-0.2, -0.15) is 4.33 Å². The van der Waals surface area contributed by atoms with Crippen molar-refractivity contribution < 1.29 is 23.5 Å². The number of benzene rings is 1. The van der Waals surface area contributed by atoms with Crippen LogP contribution in [0.1, 0.15) is 47.3 Å². The summed E-state index contributed by atoms with van der Waals surface area (Å²) in [5.74, 6) is 0.473. The number of rotatable bonds is 7. The quantitative estimate of drug-likeness (QED) is 0.274. The van der Waals surface area contributed by atoms with Gasteiger partial charge in [0.15, 0.2) is 11.4 Å². The molecule has 0 spiro atoms. The van der Waals surface area contributed by atoms with Crippen LogP contribution in [-0.4, -0.2) is 24.3 Å². The first-order valence-electron chi connectivity index (χ1n) is 8.46. The van der Waals surface area contributed by atoms with Crippen LogP contribution in [0.15, 0.2) is 41.3 Å². The summed E-state index contributed by atoms with van der Waals surface area (Å²) in [7, 11) is 1.44. The molecule has 1 unspecified atom stereocenters. The van der Waals surface area contributed by atoms with Crippen LogP contribution in [0.5, 0.6) is 0 Å². The largest absolute Gasteiger partial charge is 0.478 e. The van der Waals surface area contributed by atoms with Crippen molar-refractivity contribution in [1.29, 1.82) is 0 Å². The third-order valence-electron chi connectivity index (χ3n) is 4.45. The van der Waals surface area contributed by atoms with E-state index in [-0.39, 0.29) is 11.6 Å². The second-order valence-electron chi connectivity index (χ2n) is 6.28. The molecule has 1 aliphatic heterocycles. The van der Waals surface area contributed by atoms with Crippen molar-refractivity contribution in [3.63, 3.8) is 0 Å². The van der Waals surface area contributed by atoms with E-state index in [1.165, 1.54) is 25.4 Å². The molecule has 7 heteroatoms. The fourth-order valence-electron chi connectivity index (χ4n) is 2.75. The van der Waals surface area contributed by atoms with E-state index in [4.69, 9.17) is 9.07 Å². The molecule has 0 fully saturated rings. The van der Waals surface area contributed by atoms with Gasteiger partial charge in [0.2, 0.25) is 5.78 Å². The Morgan fingerprint density at radius 1 is 1.22 bits per heavy atom. The van der Waals surface area contributed by atoms with E-state index in [0.717, 1.165) is 27.4 Å². The molecular formula is C20H20O5S2. The van der Waals surface area contributed by atoms with E-state index >= 15 is 0 Å². The molecular weight excluding hydrogens is 384 g/mol. The van der Waals surface area contributed by atoms with E-state index < -0.39 is 5.60 Å². The first kappa shape index (κ1) is 19.8. The van der Waals surface area contributed by atoms with Gasteiger partial charge in [-0.15, -0.1) is 11.3 Å². The maximum Gasteiger partial charge on any atom is 0.211 e. The lowest BCUT2D eigenvalue weighted by Crippen LogP contribution is -2.32. The maximum atomic E-state index is 13.1. The van der Waals surface area contributed by atoms with Crippen LogP contribution in [0, 0.1) is 0 Å². The van der Waals surface area contributed by atoms with Crippen LogP contribution in [0.3, 0.4) is 0 Å². The van der Waals surface area contributed by atoms with Crippen molar-refractivity contribution in [2.75, 3.05) is 7.11 Å². The predicted molar refractivity (Wildman–Crippen MR) is 106 cm³/mol. The molecule has 1 aliphatic rings. The zero-order valence-corrected chi connectivity index (χ0v) is 17.2.